The molecule has 0 atom stereocenters. The Kier molecular flexibility index (Phi) is 2.38. The van der Waals surface area contributed by atoms with Crippen LogP contribution in [-0.2, 0) is 0 Å². The van der Waals surface area contributed by atoms with Gasteiger partial charge in [-0.15, -0.1) is 0 Å². The highest BCUT2D eigenvalue weighted by Crippen LogP contribution is 2.30. The summed E-state index contributed by atoms with van der Waals surface area (Å²) in [6.07, 6.45) is 1.76. The second-order valence-electron chi connectivity index (χ2n) is 4.19. The molecule has 0 amide bonds. The molecule has 0 unspecified atom stereocenters. The Hall–Kier alpha value is -2.55. The molecule has 2 aromatic carbocycles. The fourth-order valence-corrected chi connectivity index (χ4v) is 2.02. The molecule has 0 bridgehead atoms. The van der Waals surface area contributed by atoms with Crippen LogP contribution in [-0.4, -0.2) is 10.1 Å². The van der Waals surface area contributed by atoms with Crippen LogP contribution in [0, 0.1) is 0 Å². The summed E-state index contributed by atoms with van der Waals surface area (Å²) >= 11 is 0. The van der Waals surface area contributed by atoms with Crippen LogP contribution in [0.25, 0.3) is 22.0 Å². The molecule has 0 saturated carbocycles. The van der Waals surface area contributed by atoms with E-state index in [2.05, 4.69) is 4.98 Å². The summed E-state index contributed by atoms with van der Waals surface area (Å²) < 4.78 is 0. The lowest BCUT2D eigenvalue weighted by Gasteiger charge is -2.06. The van der Waals surface area contributed by atoms with Crippen LogP contribution in [0.15, 0.2) is 54.7 Å². The first-order valence-corrected chi connectivity index (χ1v) is 5.68. The average Bonchev–Trinajstić information content (AvgIpc) is 2.38. The van der Waals surface area contributed by atoms with Crippen molar-refractivity contribution in [1.82, 2.24) is 4.98 Å². The number of aromatic nitrogens is 1. The number of rotatable bonds is 1. The van der Waals surface area contributed by atoms with Gasteiger partial charge in [-0.05, 0) is 30.3 Å². The number of anilines is 1. The van der Waals surface area contributed by atoms with Gasteiger partial charge in [0.2, 0.25) is 0 Å². The maximum Gasteiger partial charge on any atom is 0.123 e. The first-order chi connectivity index (χ1) is 8.74. The van der Waals surface area contributed by atoms with Crippen LogP contribution in [0.4, 0.5) is 5.69 Å². The number of para-hydroxylation sites is 1. The Morgan fingerprint density at radius 3 is 2.67 bits per heavy atom. The lowest BCUT2D eigenvalue weighted by atomic mass is 10.0. The molecule has 0 radical (unpaired) electrons. The second-order valence-corrected chi connectivity index (χ2v) is 4.19. The fourth-order valence-electron chi connectivity index (χ4n) is 2.02. The van der Waals surface area contributed by atoms with Crippen LogP contribution < -0.4 is 5.73 Å². The molecule has 3 N–H and O–H groups in total. The third-order valence-electron chi connectivity index (χ3n) is 2.92. The average molecular weight is 236 g/mol. The number of phenols is 1. The molecular weight excluding hydrogens is 224 g/mol. The smallest absolute Gasteiger partial charge is 0.123 e. The Morgan fingerprint density at radius 2 is 1.83 bits per heavy atom. The molecule has 0 aliphatic heterocycles. The van der Waals surface area contributed by atoms with Gasteiger partial charge in [-0.2, -0.15) is 0 Å². The maximum absolute atomic E-state index is 9.84. The van der Waals surface area contributed by atoms with E-state index < -0.39 is 0 Å². The normalized spacial score (nSPS) is 10.7. The van der Waals surface area contributed by atoms with E-state index in [0.717, 1.165) is 22.0 Å². The van der Waals surface area contributed by atoms with Crippen molar-refractivity contribution in [2.75, 3.05) is 5.73 Å². The van der Waals surface area contributed by atoms with E-state index in [1.807, 2.05) is 36.4 Å². The van der Waals surface area contributed by atoms with E-state index in [1.165, 1.54) is 0 Å². The Labute approximate surface area is 105 Å². The lowest BCUT2D eigenvalue weighted by molar-refractivity contribution is 0.477. The molecule has 0 spiro atoms. The topological polar surface area (TPSA) is 59.1 Å². The molecule has 18 heavy (non-hydrogen) atoms. The van der Waals surface area contributed by atoms with Gasteiger partial charge in [0.05, 0.1) is 5.52 Å². The zero-order chi connectivity index (χ0) is 12.5. The zero-order valence-electron chi connectivity index (χ0n) is 9.67. The zero-order valence-corrected chi connectivity index (χ0v) is 9.67. The minimum atomic E-state index is 0.252. The standard InChI is InChI=1S/C15H12N2O/c16-12-5-6-14-10(8-12)7-11(9-17-14)13-3-1-2-4-15(13)18/h1-9,18H,16H2. The highest BCUT2D eigenvalue weighted by Gasteiger charge is 2.05. The second kappa shape index (κ2) is 4.04. The summed E-state index contributed by atoms with van der Waals surface area (Å²) in [7, 11) is 0. The summed E-state index contributed by atoms with van der Waals surface area (Å²) in [5, 5.41) is 10.8. The summed E-state index contributed by atoms with van der Waals surface area (Å²) in [4.78, 5) is 4.37. The minimum Gasteiger partial charge on any atom is -0.507 e. The van der Waals surface area contributed by atoms with Gasteiger partial charge in [0, 0.05) is 28.4 Å². The quantitative estimate of drug-likeness (QED) is 0.638. The number of pyridine rings is 1. The van der Waals surface area contributed by atoms with Crippen molar-refractivity contribution in [3.8, 4) is 16.9 Å². The molecule has 3 rings (SSSR count). The number of aromatic hydroxyl groups is 1. The minimum absolute atomic E-state index is 0.252. The van der Waals surface area contributed by atoms with Crippen molar-refractivity contribution >= 4 is 16.6 Å². The van der Waals surface area contributed by atoms with Crippen molar-refractivity contribution in [2.24, 2.45) is 0 Å². The van der Waals surface area contributed by atoms with Crippen LogP contribution in [0.3, 0.4) is 0 Å². The molecule has 1 heterocycles. The van der Waals surface area contributed by atoms with Gasteiger partial charge in [0.1, 0.15) is 5.75 Å². The summed E-state index contributed by atoms with van der Waals surface area (Å²) in [5.41, 5.74) is 9.02. The molecule has 88 valence electrons. The summed E-state index contributed by atoms with van der Waals surface area (Å²) in [6.45, 7) is 0. The van der Waals surface area contributed by atoms with Gasteiger partial charge in [-0.3, -0.25) is 4.98 Å². The number of fused-ring (bicyclic) bond motifs is 1. The van der Waals surface area contributed by atoms with Crippen LogP contribution in [0.1, 0.15) is 0 Å². The van der Waals surface area contributed by atoms with E-state index in [9.17, 15) is 5.11 Å². The molecule has 0 aliphatic carbocycles. The Balaban J connectivity index is 2.22. The molecular formula is C15H12N2O. The molecule has 0 saturated heterocycles. The van der Waals surface area contributed by atoms with Crippen molar-refractivity contribution in [1.29, 1.82) is 0 Å². The van der Waals surface area contributed by atoms with E-state index in [1.54, 1.807) is 18.3 Å². The summed E-state index contributed by atoms with van der Waals surface area (Å²) in [5.74, 6) is 0.252. The first-order valence-electron chi connectivity index (χ1n) is 5.68. The van der Waals surface area contributed by atoms with Crippen molar-refractivity contribution < 1.29 is 5.11 Å². The van der Waals surface area contributed by atoms with E-state index in [0.29, 0.717) is 5.69 Å². The highest BCUT2D eigenvalue weighted by atomic mass is 16.3. The van der Waals surface area contributed by atoms with Gasteiger partial charge < -0.3 is 10.8 Å². The number of phenolic OH excluding ortho intramolecular Hbond substituents is 1. The van der Waals surface area contributed by atoms with Crippen LogP contribution in [0.5, 0.6) is 5.75 Å². The third-order valence-corrected chi connectivity index (χ3v) is 2.92. The first kappa shape index (κ1) is 10.6. The van der Waals surface area contributed by atoms with Gasteiger partial charge in [-0.25, -0.2) is 0 Å². The van der Waals surface area contributed by atoms with Crippen LogP contribution >= 0.6 is 0 Å². The van der Waals surface area contributed by atoms with Crippen molar-refractivity contribution in [3.05, 3.63) is 54.7 Å². The Morgan fingerprint density at radius 1 is 1.00 bits per heavy atom. The number of hydrogen-bond donors (Lipinski definition) is 2. The predicted octanol–water partition coefficient (Wildman–Crippen LogP) is 3.19. The number of nitrogens with two attached hydrogens (primary N) is 1. The molecule has 3 nitrogen and oxygen atoms in total. The monoisotopic (exact) mass is 236 g/mol. The molecule has 0 aliphatic rings. The third kappa shape index (κ3) is 1.76. The predicted molar refractivity (Wildman–Crippen MR) is 73.3 cm³/mol. The van der Waals surface area contributed by atoms with E-state index >= 15 is 0 Å². The lowest BCUT2D eigenvalue weighted by Crippen LogP contribution is -1.87. The van der Waals surface area contributed by atoms with Crippen molar-refractivity contribution in [2.45, 2.75) is 0 Å². The van der Waals surface area contributed by atoms with Gasteiger partial charge in [0.25, 0.3) is 0 Å². The number of nitrogens with zero attached hydrogens (tertiary/aromatic N) is 1. The van der Waals surface area contributed by atoms with Crippen molar-refractivity contribution in [3.63, 3.8) is 0 Å². The SMILES string of the molecule is Nc1ccc2ncc(-c3ccccc3O)cc2c1. The van der Waals surface area contributed by atoms with E-state index in [4.69, 9.17) is 5.73 Å². The number of hydrogen-bond acceptors (Lipinski definition) is 3. The van der Waals surface area contributed by atoms with Gasteiger partial charge >= 0.3 is 0 Å². The largest absolute Gasteiger partial charge is 0.507 e. The molecule has 1 aromatic heterocycles. The number of benzene rings is 2. The van der Waals surface area contributed by atoms with Gasteiger partial charge in [-0.1, -0.05) is 18.2 Å². The van der Waals surface area contributed by atoms with Gasteiger partial charge in [0.15, 0.2) is 0 Å². The maximum atomic E-state index is 9.84. The number of nitrogen functional groups attached to an aromatic ring is 1. The Bertz CT molecular complexity index is 723. The highest BCUT2D eigenvalue weighted by molar-refractivity contribution is 5.86. The van der Waals surface area contributed by atoms with E-state index in [-0.39, 0.29) is 5.75 Å². The molecule has 3 aromatic rings. The molecule has 0 fully saturated rings. The summed E-state index contributed by atoms with van der Waals surface area (Å²) in [6, 6.07) is 14.8. The van der Waals surface area contributed by atoms with Crippen LogP contribution in [0.2, 0.25) is 0 Å². The molecule has 3 heteroatoms. The fraction of sp³-hybridized carbons (Fsp3) is 0.